The minimum absolute atomic E-state index is 0.0190. The smallest absolute Gasteiger partial charge is 0.425 e. The maximum absolute atomic E-state index is 12.9. The molecule has 1 amide bonds. The highest BCUT2D eigenvalue weighted by atomic mass is 32.1. The molecule has 4 heterocycles. The summed E-state index contributed by atoms with van der Waals surface area (Å²) in [5.41, 5.74) is -3.02. The molecule has 0 bridgehead atoms. The molecule has 50 heavy (non-hydrogen) atoms. The summed E-state index contributed by atoms with van der Waals surface area (Å²) in [6, 6.07) is 0.500. The third-order valence-corrected chi connectivity index (χ3v) is 10.0. The molecule has 4 rings (SSSR count). The van der Waals surface area contributed by atoms with Crippen molar-refractivity contribution < 1.29 is 64.4 Å². The van der Waals surface area contributed by atoms with Gasteiger partial charge in [-0.1, -0.05) is 12.2 Å². The van der Waals surface area contributed by atoms with E-state index in [0.717, 1.165) is 19.2 Å². The maximum atomic E-state index is 12.9. The van der Waals surface area contributed by atoms with Crippen molar-refractivity contribution >= 4 is 40.7 Å². The molecule has 2 saturated heterocycles. The van der Waals surface area contributed by atoms with Gasteiger partial charge in [-0.05, 0) is 32.2 Å². The number of likely N-dealkylation sites (tertiary alicyclic amines) is 1. The lowest BCUT2D eigenvalue weighted by atomic mass is 9.82. The summed E-state index contributed by atoms with van der Waals surface area (Å²) in [7, 11) is 3.60. The number of halogens is 6. The number of piperidine rings is 2. The minimum Gasteiger partial charge on any atom is -0.473 e. The minimum atomic E-state index is -4.52. The third-order valence-electron chi connectivity index (χ3n) is 8.11. The number of nitrogens with zero attached hydrogens (tertiary/aromatic N) is 1. The van der Waals surface area contributed by atoms with Crippen LogP contribution in [0.2, 0.25) is 0 Å². The first-order valence-electron chi connectivity index (χ1n) is 15.2. The molecule has 0 spiro atoms. The summed E-state index contributed by atoms with van der Waals surface area (Å²) >= 11 is 0.997. The van der Waals surface area contributed by atoms with E-state index in [2.05, 4.69) is 18.5 Å². The molecule has 0 aliphatic carbocycles. The highest BCUT2D eigenvalue weighted by Gasteiger charge is 2.55. The number of hydrogen-bond acceptors (Lipinski definition) is 11. The van der Waals surface area contributed by atoms with E-state index in [4.69, 9.17) is 23.7 Å². The third kappa shape index (κ3) is 9.11. The quantitative estimate of drug-likeness (QED) is 0.116. The Labute approximate surface area is 292 Å². The fourth-order valence-electron chi connectivity index (χ4n) is 5.92. The van der Waals surface area contributed by atoms with E-state index in [1.165, 1.54) is 36.0 Å². The van der Waals surface area contributed by atoms with Gasteiger partial charge in [0, 0.05) is 42.3 Å². The van der Waals surface area contributed by atoms with Crippen molar-refractivity contribution in [2.24, 2.45) is 0 Å². The molecule has 2 aromatic heterocycles. The monoisotopic (exact) mass is 756 g/mol. The Bertz CT molecular complexity index is 1500. The van der Waals surface area contributed by atoms with Crippen molar-refractivity contribution in [3.05, 3.63) is 58.0 Å². The van der Waals surface area contributed by atoms with Gasteiger partial charge in [-0.25, -0.2) is 14.4 Å². The van der Waals surface area contributed by atoms with Gasteiger partial charge in [0.15, 0.2) is 0 Å². The first kappa shape index (κ1) is 40.7. The van der Waals surface area contributed by atoms with Crippen molar-refractivity contribution in [1.29, 1.82) is 0 Å². The molecule has 2 aromatic rings. The fourth-order valence-corrected chi connectivity index (χ4v) is 7.27. The highest BCUT2D eigenvalue weighted by molar-refractivity contribution is 7.10. The van der Waals surface area contributed by atoms with Gasteiger partial charge in [-0.15, -0.1) is 35.8 Å². The van der Waals surface area contributed by atoms with Crippen LogP contribution >= 0.6 is 22.7 Å². The average molecular weight is 757 g/mol. The molecule has 2 unspecified atom stereocenters. The van der Waals surface area contributed by atoms with Crippen molar-refractivity contribution in [2.75, 3.05) is 34.4 Å². The fraction of sp³-hybridized carbons (Fsp3) is 0.531. The first-order valence-corrected chi connectivity index (χ1v) is 16.9. The van der Waals surface area contributed by atoms with Gasteiger partial charge < -0.3 is 33.9 Å². The molecule has 2 fully saturated rings. The SMILES string of the molecule is C=CCC1N(C(=O)OC)CCCC1(Oc1csc(C(F)(F)F)c1)C(=O)OC.C=CC[C@H]1NCCC[C@@]1(Oc1csc(C(F)(F)F)c1)C(=O)OC. The predicted molar refractivity (Wildman–Crippen MR) is 172 cm³/mol. The molecule has 2 aliphatic heterocycles. The van der Waals surface area contributed by atoms with Crippen LogP contribution in [0.15, 0.2) is 48.2 Å². The van der Waals surface area contributed by atoms with E-state index in [1.807, 2.05) is 0 Å². The maximum Gasteiger partial charge on any atom is 0.425 e. The molecule has 18 heteroatoms. The topological polar surface area (TPSA) is 113 Å². The summed E-state index contributed by atoms with van der Waals surface area (Å²) < 4.78 is 103. The van der Waals surface area contributed by atoms with Crippen LogP contribution in [0.4, 0.5) is 31.1 Å². The number of thiophene rings is 2. The van der Waals surface area contributed by atoms with Crippen LogP contribution in [0, 0.1) is 0 Å². The van der Waals surface area contributed by atoms with Crippen LogP contribution in [0.1, 0.15) is 48.3 Å². The van der Waals surface area contributed by atoms with Crippen molar-refractivity contribution in [2.45, 2.75) is 74.2 Å². The van der Waals surface area contributed by atoms with Gasteiger partial charge in [0.05, 0.1) is 33.4 Å². The number of alkyl halides is 6. The van der Waals surface area contributed by atoms with Gasteiger partial charge in [0.25, 0.3) is 0 Å². The Kier molecular flexibility index (Phi) is 13.8. The molecule has 2 aliphatic rings. The average Bonchev–Trinajstić information content (AvgIpc) is 3.76. The summed E-state index contributed by atoms with van der Waals surface area (Å²) in [5.74, 6) is -1.47. The second kappa shape index (κ2) is 17.0. The normalized spacial score (nSPS) is 23.8. The van der Waals surface area contributed by atoms with E-state index in [9.17, 15) is 40.7 Å². The van der Waals surface area contributed by atoms with Gasteiger partial charge in [-0.2, -0.15) is 26.3 Å². The van der Waals surface area contributed by atoms with Crippen LogP contribution in [-0.2, 0) is 36.2 Å². The second-order valence-corrected chi connectivity index (χ2v) is 13.0. The number of nitrogens with one attached hydrogen (secondary N) is 1. The Morgan fingerprint density at radius 1 is 0.840 bits per heavy atom. The molecule has 0 aromatic carbocycles. The number of carbonyl (C=O) groups is 3. The number of amides is 1. The molecule has 4 atom stereocenters. The lowest BCUT2D eigenvalue weighted by Gasteiger charge is -2.46. The lowest BCUT2D eigenvalue weighted by Crippen LogP contribution is -2.65. The Morgan fingerprint density at radius 3 is 1.80 bits per heavy atom. The Balaban J connectivity index is 0.000000274. The summed E-state index contributed by atoms with van der Waals surface area (Å²) in [6.07, 6.45) is -4.31. The van der Waals surface area contributed by atoms with E-state index in [0.29, 0.717) is 61.4 Å². The molecular weight excluding hydrogens is 718 g/mol. The number of carbonyl (C=O) groups excluding carboxylic acids is 3. The van der Waals surface area contributed by atoms with Crippen LogP contribution < -0.4 is 14.8 Å². The Hall–Kier alpha value is -3.77. The van der Waals surface area contributed by atoms with Gasteiger partial charge >= 0.3 is 30.4 Å². The van der Waals surface area contributed by atoms with Crippen LogP contribution in [0.5, 0.6) is 11.5 Å². The van der Waals surface area contributed by atoms with E-state index in [-0.39, 0.29) is 24.3 Å². The lowest BCUT2D eigenvalue weighted by molar-refractivity contribution is -0.170. The number of hydrogen-bond donors (Lipinski definition) is 1. The van der Waals surface area contributed by atoms with Crippen molar-refractivity contribution in [1.82, 2.24) is 10.2 Å². The predicted octanol–water partition coefficient (Wildman–Crippen LogP) is 7.25. The second-order valence-electron chi connectivity index (χ2n) is 11.2. The summed E-state index contributed by atoms with van der Waals surface area (Å²) in [5, 5.41) is 5.60. The van der Waals surface area contributed by atoms with Gasteiger partial charge in [0.2, 0.25) is 11.2 Å². The van der Waals surface area contributed by atoms with Gasteiger partial charge in [-0.3, -0.25) is 0 Å². The highest BCUT2D eigenvalue weighted by Crippen LogP contribution is 2.42. The zero-order valence-electron chi connectivity index (χ0n) is 27.5. The standard InChI is InChI=1S/C17H20F3NO5S.C15H18F3NO3S/c1-4-6-12-16(14(22)24-2,7-5-8-21(12)15(23)25-3)26-11-9-13(27-10-11)17(18,19)20;1-3-5-11-14(13(20)21-2,6-4-7-19-11)22-10-8-12(23-9-10)15(16,17)18/h4,9-10,12H,1,5-8H2,2-3H3;3,8-9,11,19H,1,4-7H2,2H3/t;11-,14+/m.1/s1. The molecular formula is C32H38F6N2O8S2. The summed E-state index contributed by atoms with van der Waals surface area (Å²) in [4.78, 5) is 36.9. The zero-order chi connectivity index (χ0) is 37.3. The molecule has 0 radical (unpaired) electrons. The van der Waals surface area contributed by atoms with Crippen molar-refractivity contribution in [3.63, 3.8) is 0 Å². The van der Waals surface area contributed by atoms with Crippen molar-refractivity contribution in [3.8, 4) is 11.5 Å². The van der Waals surface area contributed by atoms with E-state index in [1.54, 1.807) is 6.08 Å². The van der Waals surface area contributed by atoms with Crippen LogP contribution in [-0.4, -0.2) is 80.6 Å². The zero-order valence-corrected chi connectivity index (χ0v) is 29.1. The molecule has 1 N–H and O–H groups in total. The molecule has 0 saturated carbocycles. The number of esters is 2. The van der Waals surface area contributed by atoms with Crippen LogP contribution in [0.25, 0.3) is 0 Å². The van der Waals surface area contributed by atoms with E-state index >= 15 is 0 Å². The summed E-state index contributed by atoms with van der Waals surface area (Å²) in [6.45, 7) is 8.29. The largest absolute Gasteiger partial charge is 0.473 e. The Morgan fingerprint density at radius 2 is 1.34 bits per heavy atom. The number of ether oxygens (including phenoxy) is 5. The van der Waals surface area contributed by atoms with Crippen LogP contribution in [0.3, 0.4) is 0 Å². The van der Waals surface area contributed by atoms with E-state index < -0.39 is 63.4 Å². The first-order chi connectivity index (χ1) is 23.5. The molecule has 10 nitrogen and oxygen atoms in total. The number of methoxy groups -OCH3 is 3. The number of rotatable bonds is 10. The van der Waals surface area contributed by atoms with Gasteiger partial charge in [0.1, 0.15) is 21.3 Å². The molecule has 278 valence electrons.